The molecule has 0 aliphatic carbocycles. The van der Waals surface area contributed by atoms with E-state index in [-0.39, 0.29) is 5.91 Å². The van der Waals surface area contributed by atoms with Gasteiger partial charge in [-0.15, -0.1) is 0 Å². The second-order valence-electron chi connectivity index (χ2n) is 8.01. The Morgan fingerprint density at radius 2 is 1.97 bits per heavy atom. The highest BCUT2D eigenvalue weighted by Crippen LogP contribution is 2.29. The van der Waals surface area contributed by atoms with E-state index in [0.29, 0.717) is 18.1 Å². The van der Waals surface area contributed by atoms with E-state index < -0.39 is 0 Å². The summed E-state index contributed by atoms with van der Waals surface area (Å²) in [6, 6.07) is 17.8. The van der Waals surface area contributed by atoms with Crippen molar-refractivity contribution in [2.24, 2.45) is 0 Å². The van der Waals surface area contributed by atoms with Crippen molar-refractivity contribution in [3.05, 3.63) is 83.7 Å². The SMILES string of the molecule is Cc1cc(N2CCOCS2)ccc1C(=O)Nc1ccc(C)c(-c2ccc3cnccc3n2)c1. The van der Waals surface area contributed by atoms with Gasteiger partial charge in [-0.05, 0) is 85.5 Å². The van der Waals surface area contributed by atoms with Gasteiger partial charge in [0.15, 0.2) is 0 Å². The Kier molecular flexibility index (Phi) is 5.98. The van der Waals surface area contributed by atoms with Gasteiger partial charge in [-0.3, -0.25) is 9.78 Å². The Morgan fingerprint density at radius 1 is 1.06 bits per heavy atom. The summed E-state index contributed by atoms with van der Waals surface area (Å²) in [6.07, 6.45) is 3.55. The normalized spacial score (nSPS) is 13.8. The molecule has 0 atom stereocenters. The van der Waals surface area contributed by atoms with E-state index in [0.717, 1.165) is 51.2 Å². The predicted molar refractivity (Wildman–Crippen MR) is 135 cm³/mol. The summed E-state index contributed by atoms with van der Waals surface area (Å²) in [6.45, 7) is 5.57. The number of ether oxygens (including phenoxy) is 1. The minimum Gasteiger partial charge on any atom is -0.367 e. The minimum atomic E-state index is -0.124. The van der Waals surface area contributed by atoms with Crippen LogP contribution in [0.3, 0.4) is 0 Å². The maximum Gasteiger partial charge on any atom is 0.255 e. The van der Waals surface area contributed by atoms with Crippen LogP contribution in [0.2, 0.25) is 0 Å². The molecule has 0 saturated carbocycles. The van der Waals surface area contributed by atoms with Crippen LogP contribution in [0.5, 0.6) is 0 Å². The van der Waals surface area contributed by atoms with Crippen molar-refractivity contribution < 1.29 is 9.53 Å². The lowest BCUT2D eigenvalue weighted by molar-refractivity contribution is 0.102. The molecule has 3 heterocycles. The zero-order valence-corrected chi connectivity index (χ0v) is 19.4. The van der Waals surface area contributed by atoms with Gasteiger partial charge in [0.05, 0.1) is 24.4 Å². The molecule has 0 bridgehead atoms. The molecule has 1 aliphatic rings. The maximum absolute atomic E-state index is 13.1. The first-order valence-electron chi connectivity index (χ1n) is 10.8. The Hall–Kier alpha value is -3.42. The number of carbonyl (C=O) groups excluding carboxylic acids is 1. The van der Waals surface area contributed by atoms with Gasteiger partial charge in [-0.25, -0.2) is 4.98 Å². The third kappa shape index (κ3) is 4.55. The lowest BCUT2D eigenvalue weighted by atomic mass is 10.0. The molecule has 1 amide bonds. The maximum atomic E-state index is 13.1. The third-order valence-electron chi connectivity index (χ3n) is 5.73. The van der Waals surface area contributed by atoms with E-state index in [1.807, 2.05) is 62.4 Å². The molecule has 1 N–H and O–H groups in total. The van der Waals surface area contributed by atoms with Crippen LogP contribution in [0.4, 0.5) is 11.4 Å². The summed E-state index contributed by atoms with van der Waals surface area (Å²) in [7, 11) is 0. The number of aryl methyl sites for hydroxylation is 2. The van der Waals surface area contributed by atoms with E-state index in [1.165, 1.54) is 0 Å². The second kappa shape index (κ2) is 9.21. The average molecular weight is 457 g/mol. The molecule has 0 spiro atoms. The van der Waals surface area contributed by atoms with Gasteiger partial charge in [0.2, 0.25) is 0 Å². The summed E-state index contributed by atoms with van der Waals surface area (Å²) < 4.78 is 7.61. The van der Waals surface area contributed by atoms with Gasteiger partial charge in [-0.1, -0.05) is 6.07 Å². The van der Waals surface area contributed by atoms with Crippen LogP contribution in [-0.4, -0.2) is 35.0 Å². The molecule has 2 aromatic heterocycles. The molecule has 0 unspecified atom stereocenters. The molecule has 166 valence electrons. The number of pyridine rings is 2. The number of carbonyl (C=O) groups is 1. The van der Waals surface area contributed by atoms with Crippen molar-refractivity contribution >= 4 is 40.1 Å². The average Bonchev–Trinajstić information content (AvgIpc) is 2.85. The summed E-state index contributed by atoms with van der Waals surface area (Å²) in [5, 5.41) is 4.05. The molecule has 7 heteroatoms. The lowest BCUT2D eigenvalue weighted by Crippen LogP contribution is -2.26. The van der Waals surface area contributed by atoms with E-state index >= 15 is 0 Å². The number of nitrogens with zero attached hydrogens (tertiary/aromatic N) is 3. The number of nitrogens with one attached hydrogen (secondary N) is 1. The van der Waals surface area contributed by atoms with Crippen LogP contribution < -0.4 is 9.62 Å². The highest BCUT2D eigenvalue weighted by molar-refractivity contribution is 8.00. The fourth-order valence-corrected chi connectivity index (χ4v) is 4.71. The number of amides is 1. The van der Waals surface area contributed by atoms with Crippen LogP contribution in [-0.2, 0) is 4.74 Å². The van der Waals surface area contributed by atoms with Crippen molar-refractivity contribution in [1.29, 1.82) is 0 Å². The fourth-order valence-electron chi connectivity index (χ4n) is 3.92. The van der Waals surface area contributed by atoms with Gasteiger partial charge in [0.1, 0.15) is 5.94 Å². The van der Waals surface area contributed by atoms with Crippen LogP contribution in [0.1, 0.15) is 21.5 Å². The Morgan fingerprint density at radius 3 is 2.79 bits per heavy atom. The smallest absolute Gasteiger partial charge is 0.255 e. The number of fused-ring (bicyclic) bond motifs is 1. The molecule has 6 nitrogen and oxygen atoms in total. The van der Waals surface area contributed by atoms with E-state index in [4.69, 9.17) is 9.72 Å². The van der Waals surface area contributed by atoms with Crippen LogP contribution in [0.15, 0.2) is 67.0 Å². The Labute approximate surface area is 197 Å². The van der Waals surface area contributed by atoms with Crippen molar-refractivity contribution in [2.75, 3.05) is 28.7 Å². The fraction of sp³-hybridized carbons (Fsp3) is 0.192. The molecule has 33 heavy (non-hydrogen) atoms. The van der Waals surface area contributed by atoms with Crippen molar-refractivity contribution in [3.8, 4) is 11.3 Å². The highest BCUT2D eigenvalue weighted by atomic mass is 32.2. The molecule has 4 aromatic rings. The quantitative estimate of drug-likeness (QED) is 0.403. The molecular formula is C26H24N4O2S. The number of rotatable bonds is 4. The molecular weight excluding hydrogens is 432 g/mol. The van der Waals surface area contributed by atoms with Gasteiger partial charge in [0, 0.05) is 40.3 Å². The van der Waals surface area contributed by atoms with E-state index in [2.05, 4.69) is 20.7 Å². The number of benzene rings is 2. The first-order chi connectivity index (χ1) is 16.1. The second-order valence-corrected chi connectivity index (χ2v) is 8.94. The molecule has 0 radical (unpaired) electrons. The monoisotopic (exact) mass is 456 g/mol. The summed E-state index contributed by atoms with van der Waals surface area (Å²) >= 11 is 1.64. The number of anilines is 2. The van der Waals surface area contributed by atoms with Crippen LogP contribution in [0.25, 0.3) is 22.2 Å². The van der Waals surface area contributed by atoms with Crippen LogP contribution >= 0.6 is 11.9 Å². The zero-order valence-electron chi connectivity index (χ0n) is 18.5. The number of hydrogen-bond acceptors (Lipinski definition) is 6. The molecule has 1 fully saturated rings. The van der Waals surface area contributed by atoms with Crippen molar-refractivity contribution in [2.45, 2.75) is 13.8 Å². The van der Waals surface area contributed by atoms with Gasteiger partial charge in [0.25, 0.3) is 5.91 Å². The van der Waals surface area contributed by atoms with Crippen molar-refractivity contribution in [1.82, 2.24) is 9.97 Å². The highest BCUT2D eigenvalue weighted by Gasteiger charge is 2.16. The third-order valence-corrected chi connectivity index (χ3v) is 6.71. The molecule has 1 saturated heterocycles. The topological polar surface area (TPSA) is 67.3 Å². The number of hydrogen-bond donors (Lipinski definition) is 1. The molecule has 2 aromatic carbocycles. The predicted octanol–water partition coefficient (Wildman–Crippen LogP) is 5.61. The standard InChI is InChI=1S/C26H24N4O2S/c1-17-3-5-20(14-23(17)25-8-4-19-15-27-10-9-24(19)29-25)28-26(31)22-7-6-21(13-18(22)2)30-11-12-32-16-33-30/h3-10,13-15H,11-12,16H2,1-2H3,(H,28,31). The molecule has 5 rings (SSSR count). The minimum absolute atomic E-state index is 0.124. The van der Waals surface area contributed by atoms with Crippen LogP contribution in [0, 0.1) is 13.8 Å². The summed E-state index contributed by atoms with van der Waals surface area (Å²) in [4.78, 5) is 22.0. The Balaban J connectivity index is 1.38. The largest absolute Gasteiger partial charge is 0.367 e. The van der Waals surface area contributed by atoms with Crippen molar-refractivity contribution in [3.63, 3.8) is 0 Å². The number of aromatic nitrogens is 2. The zero-order chi connectivity index (χ0) is 22.8. The lowest BCUT2D eigenvalue weighted by Gasteiger charge is -2.27. The summed E-state index contributed by atoms with van der Waals surface area (Å²) in [5.41, 5.74) is 7.28. The Bertz CT molecular complexity index is 1340. The molecule has 1 aliphatic heterocycles. The first-order valence-corrected chi connectivity index (χ1v) is 11.7. The summed E-state index contributed by atoms with van der Waals surface area (Å²) in [5.74, 6) is 0.529. The van der Waals surface area contributed by atoms with E-state index in [1.54, 1.807) is 24.3 Å². The van der Waals surface area contributed by atoms with Gasteiger partial charge >= 0.3 is 0 Å². The van der Waals surface area contributed by atoms with E-state index in [9.17, 15) is 4.79 Å². The first kappa shape index (κ1) is 21.4. The van der Waals surface area contributed by atoms with Gasteiger partial charge in [-0.2, -0.15) is 0 Å². The van der Waals surface area contributed by atoms with Gasteiger partial charge < -0.3 is 14.4 Å².